The van der Waals surface area contributed by atoms with Gasteiger partial charge in [0.1, 0.15) is 37.0 Å². The van der Waals surface area contributed by atoms with Crippen LogP contribution in [0.2, 0.25) is 0 Å². The van der Waals surface area contributed by atoms with Gasteiger partial charge in [0.05, 0.1) is 4.90 Å². The lowest BCUT2D eigenvalue weighted by atomic mass is 10.3. The van der Waals surface area contributed by atoms with E-state index in [1.165, 1.54) is 16.7 Å². The molecule has 1 aromatic carbocycles. The van der Waals surface area contributed by atoms with Gasteiger partial charge >= 0.3 is 0 Å². The van der Waals surface area contributed by atoms with E-state index in [4.69, 9.17) is 9.47 Å². The van der Waals surface area contributed by atoms with Crippen molar-refractivity contribution in [2.24, 2.45) is 0 Å². The molecule has 33 heavy (non-hydrogen) atoms. The number of aromatic nitrogens is 3. The molecule has 1 fully saturated rings. The lowest BCUT2D eigenvalue weighted by Gasteiger charge is -2.34. The number of benzene rings is 1. The first-order chi connectivity index (χ1) is 16.0. The van der Waals surface area contributed by atoms with Crippen molar-refractivity contribution in [3.8, 4) is 11.5 Å². The summed E-state index contributed by atoms with van der Waals surface area (Å²) in [5.41, 5.74) is 1.09. The topological polar surface area (TPSA) is 110 Å². The summed E-state index contributed by atoms with van der Waals surface area (Å²) in [7, 11) is -3.64. The zero-order chi connectivity index (χ0) is 22.8. The van der Waals surface area contributed by atoms with Crippen molar-refractivity contribution >= 4 is 27.5 Å². The summed E-state index contributed by atoms with van der Waals surface area (Å²) in [5, 5.41) is 3.19. The largest absolute Gasteiger partial charge is 0.486 e. The molecule has 1 N–H and O–H groups in total. The van der Waals surface area contributed by atoms with Crippen LogP contribution in [0.1, 0.15) is 5.56 Å². The third-order valence-corrected chi connectivity index (χ3v) is 7.43. The molecule has 1 saturated heterocycles. The van der Waals surface area contributed by atoms with Gasteiger partial charge in [-0.25, -0.2) is 23.4 Å². The Balaban J connectivity index is 1.26. The van der Waals surface area contributed by atoms with Crippen molar-refractivity contribution in [1.82, 2.24) is 19.3 Å². The van der Waals surface area contributed by atoms with Gasteiger partial charge in [-0.15, -0.1) is 0 Å². The maximum atomic E-state index is 13.2. The Morgan fingerprint density at radius 3 is 2.42 bits per heavy atom. The van der Waals surface area contributed by atoms with Crippen LogP contribution in [0.5, 0.6) is 11.5 Å². The molecule has 0 atom stereocenters. The second-order valence-electron chi connectivity index (χ2n) is 7.80. The number of nitrogens with one attached hydrogen (secondary N) is 1. The molecule has 2 aliphatic rings. The smallest absolute Gasteiger partial charge is 0.243 e. The molecule has 172 valence electrons. The third kappa shape index (κ3) is 4.55. The van der Waals surface area contributed by atoms with Gasteiger partial charge in [-0.2, -0.15) is 4.31 Å². The lowest BCUT2D eigenvalue weighted by Crippen LogP contribution is -2.48. The minimum absolute atomic E-state index is 0.208. The van der Waals surface area contributed by atoms with Crippen LogP contribution in [0.25, 0.3) is 0 Å². The number of hydrogen-bond acceptors (Lipinski definition) is 9. The SMILES string of the molecule is Cc1ccnc(Nc2cc(N3CCN(S(=O)(=O)c4ccc5c(c4)OCCO5)CC3)ncn2)c1. The quantitative estimate of drug-likeness (QED) is 0.603. The minimum Gasteiger partial charge on any atom is -0.486 e. The molecule has 2 aromatic heterocycles. The number of fused-ring (bicyclic) bond motifs is 1. The minimum atomic E-state index is -3.64. The Morgan fingerprint density at radius 1 is 0.879 bits per heavy atom. The Hall–Kier alpha value is -3.44. The lowest BCUT2D eigenvalue weighted by molar-refractivity contribution is 0.171. The number of pyridine rings is 1. The fourth-order valence-corrected chi connectivity index (χ4v) is 5.25. The van der Waals surface area contributed by atoms with Crippen molar-refractivity contribution in [3.05, 3.63) is 54.5 Å². The Labute approximate surface area is 192 Å². The van der Waals surface area contributed by atoms with E-state index < -0.39 is 10.0 Å². The molecule has 0 bridgehead atoms. The molecule has 0 amide bonds. The summed E-state index contributed by atoms with van der Waals surface area (Å²) in [5.74, 6) is 3.10. The maximum absolute atomic E-state index is 13.2. The second-order valence-corrected chi connectivity index (χ2v) is 9.74. The van der Waals surface area contributed by atoms with Crippen molar-refractivity contribution in [2.75, 3.05) is 49.6 Å². The van der Waals surface area contributed by atoms with Gasteiger partial charge < -0.3 is 19.7 Å². The summed E-state index contributed by atoms with van der Waals surface area (Å²) in [6, 6.07) is 10.5. The first kappa shape index (κ1) is 21.4. The van der Waals surface area contributed by atoms with Gasteiger partial charge in [0.25, 0.3) is 0 Å². The number of rotatable bonds is 5. The number of piperazine rings is 1. The molecule has 0 aliphatic carbocycles. The van der Waals surface area contributed by atoms with E-state index in [1.54, 1.807) is 18.3 Å². The van der Waals surface area contributed by atoms with Crippen molar-refractivity contribution in [3.63, 3.8) is 0 Å². The molecular formula is C22H24N6O4S. The van der Waals surface area contributed by atoms with Crippen LogP contribution in [0, 0.1) is 6.92 Å². The molecule has 2 aliphatic heterocycles. The van der Waals surface area contributed by atoms with Crippen LogP contribution in [-0.4, -0.2) is 67.1 Å². The molecule has 0 spiro atoms. The first-order valence-corrected chi connectivity index (χ1v) is 12.1. The van der Waals surface area contributed by atoms with Crippen LogP contribution >= 0.6 is 0 Å². The second kappa shape index (κ2) is 8.83. The number of hydrogen-bond donors (Lipinski definition) is 1. The van der Waals surface area contributed by atoms with E-state index in [0.29, 0.717) is 62.5 Å². The fraction of sp³-hybridized carbons (Fsp3) is 0.318. The molecule has 0 saturated carbocycles. The number of aryl methyl sites for hydroxylation is 1. The van der Waals surface area contributed by atoms with Crippen LogP contribution < -0.4 is 19.7 Å². The third-order valence-electron chi connectivity index (χ3n) is 5.54. The number of anilines is 3. The number of ether oxygens (including phenoxy) is 2. The molecule has 4 heterocycles. The Kier molecular flexibility index (Phi) is 5.73. The highest BCUT2D eigenvalue weighted by Gasteiger charge is 2.30. The average molecular weight is 469 g/mol. The van der Waals surface area contributed by atoms with Crippen molar-refractivity contribution in [1.29, 1.82) is 0 Å². The summed E-state index contributed by atoms with van der Waals surface area (Å²) < 4.78 is 38.9. The summed E-state index contributed by atoms with van der Waals surface area (Å²) in [4.78, 5) is 15.2. The summed E-state index contributed by atoms with van der Waals surface area (Å²) in [6.07, 6.45) is 3.23. The zero-order valence-electron chi connectivity index (χ0n) is 18.1. The summed E-state index contributed by atoms with van der Waals surface area (Å²) >= 11 is 0. The highest BCUT2D eigenvalue weighted by Crippen LogP contribution is 2.33. The normalized spacial score (nSPS) is 16.5. The van der Waals surface area contributed by atoms with Crippen molar-refractivity contribution in [2.45, 2.75) is 11.8 Å². The molecule has 5 rings (SSSR count). The Morgan fingerprint density at radius 2 is 1.64 bits per heavy atom. The van der Waals surface area contributed by atoms with E-state index >= 15 is 0 Å². The van der Waals surface area contributed by atoms with Gasteiger partial charge in [-0.1, -0.05) is 0 Å². The first-order valence-electron chi connectivity index (χ1n) is 10.7. The van der Waals surface area contributed by atoms with Crippen LogP contribution in [-0.2, 0) is 10.0 Å². The Bertz CT molecular complexity index is 1260. The number of nitrogens with zero attached hydrogens (tertiary/aromatic N) is 5. The predicted molar refractivity (Wildman–Crippen MR) is 123 cm³/mol. The maximum Gasteiger partial charge on any atom is 0.243 e. The van der Waals surface area contributed by atoms with Crippen molar-refractivity contribution < 1.29 is 17.9 Å². The summed E-state index contributed by atoms with van der Waals surface area (Å²) in [6.45, 7) is 4.60. The van der Waals surface area contributed by atoms with Crippen LogP contribution in [0.4, 0.5) is 17.5 Å². The van der Waals surface area contributed by atoms with Crippen LogP contribution in [0.15, 0.2) is 53.8 Å². The fourth-order valence-electron chi connectivity index (χ4n) is 3.81. The van der Waals surface area contributed by atoms with Gasteiger partial charge in [-0.05, 0) is 36.8 Å². The average Bonchev–Trinajstić information content (AvgIpc) is 2.84. The van der Waals surface area contributed by atoms with E-state index in [9.17, 15) is 8.42 Å². The molecule has 0 radical (unpaired) electrons. The van der Waals surface area contributed by atoms with Gasteiger partial charge in [0.2, 0.25) is 10.0 Å². The van der Waals surface area contributed by atoms with E-state index in [0.717, 1.165) is 11.4 Å². The highest BCUT2D eigenvalue weighted by molar-refractivity contribution is 7.89. The van der Waals surface area contributed by atoms with E-state index in [2.05, 4.69) is 20.3 Å². The molecular weight excluding hydrogens is 444 g/mol. The number of sulfonamides is 1. The van der Waals surface area contributed by atoms with Gasteiger partial charge in [0, 0.05) is 44.5 Å². The molecule has 11 heteroatoms. The van der Waals surface area contributed by atoms with E-state index in [1.807, 2.05) is 30.0 Å². The van der Waals surface area contributed by atoms with Gasteiger partial charge in [0.15, 0.2) is 11.5 Å². The monoisotopic (exact) mass is 468 g/mol. The zero-order valence-corrected chi connectivity index (χ0v) is 19.0. The van der Waals surface area contributed by atoms with Crippen LogP contribution in [0.3, 0.4) is 0 Å². The predicted octanol–water partition coefficient (Wildman–Crippen LogP) is 2.21. The standard InChI is InChI=1S/C22H24N6O4S/c1-16-4-5-23-20(12-16)26-21-14-22(25-15-24-21)27-6-8-28(9-7-27)33(29,30)17-2-3-18-19(13-17)32-11-10-31-18/h2-5,12-15H,6-11H2,1H3,(H,23,24,25,26). The highest BCUT2D eigenvalue weighted by atomic mass is 32.2. The molecule has 3 aromatic rings. The van der Waals surface area contributed by atoms with Gasteiger partial charge in [-0.3, -0.25) is 0 Å². The molecule has 0 unspecified atom stereocenters. The molecule has 10 nitrogen and oxygen atoms in total. The van der Waals surface area contributed by atoms with E-state index in [-0.39, 0.29) is 4.90 Å².